The van der Waals surface area contributed by atoms with E-state index >= 15 is 0 Å². The zero-order chi connectivity index (χ0) is 7.02. The smallest absolute Gasteiger partial charge is 0.321 e. The molecule has 1 N–H and O–H groups in total. The van der Waals surface area contributed by atoms with Crippen molar-refractivity contribution < 1.29 is 14.6 Å². The average Bonchev–Trinajstić information content (AvgIpc) is 1.98. The van der Waals surface area contributed by atoms with Gasteiger partial charge in [-0.15, -0.1) is 0 Å². The van der Waals surface area contributed by atoms with Crippen LogP contribution < -0.4 is 0 Å². The molecule has 0 amide bonds. The first-order valence-corrected chi connectivity index (χ1v) is 2.74. The highest BCUT2D eigenvalue weighted by molar-refractivity contribution is 5.78. The molecule has 0 saturated heterocycles. The van der Waals surface area contributed by atoms with Gasteiger partial charge in [0.2, 0.25) is 0 Å². The Labute approximate surface area is 52.9 Å². The lowest BCUT2D eigenvalue weighted by molar-refractivity contribution is -0.139. The van der Waals surface area contributed by atoms with Gasteiger partial charge in [-0.1, -0.05) is 0 Å². The van der Waals surface area contributed by atoms with E-state index in [0.29, 0.717) is 5.76 Å². The van der Waals surface area contributed by atoms with Crippen molar-refractivity contribution in [1.82, 2.24) is 0 Å². The van der Waals surface area contributed by atoms with Crippen LogP contribution in [-0.4, -0.2) is 11.1 Å². The van der Waals surface area contributed by atoms with Crippen molar-refractivity contribution in [2.45, 2.75) is 13.8 Å². The van der Waals surface area contributed by atoms with Gasteiger partial charge in [-0.05, 0) is 13.8 Å². The molecule has 0 spiro atoms. The maximum absolute atomic E-state index is 10.6. The van der Waals surface area contributed by atoms with Crippen LogP contribution in [0.4, 0.5) is 0 Å². The molecule has 0 aliphatic carbocycles. The molecule has 1 aliphatic rings. The molecule has 9 heavy (non-hydrogen) atoms. The van der Waals surface area contributed by atoms with Gasteiger partial charge < -0.3 is 9.84 Å². The molecular weight excluding hydrogens is 120 g/mol. The fraction of sp³-hybridized carbons (Fsp3) is 0.500. The van der Waals surface area contributed by atoms with Crippen LogP contribution in [0, 0.1) is 5.92 Å². The Morgan fingerprint density at radius 1 is 1.67 bits per heavy atom. The average molecular weight is 128 g/mol. The Bertz CT molecular complexity index is 181. The summed E-state index contributed by atoms with van der Waals surface area (Å²) in [5.74, 6) is -0.456. The summed E-state index contributed by atoms with van der Waals surface area (Å²) < 4.78 is 4.58. The van der Waals surface area contributed by atoms with Crippen molar-refractivity contribution in [3.8, 4) is 0 Å². The van der Waals surface area contributed by atoms with Gasteiger partial charge >= 0.3 is 5.97 Å². The molecule has 1 atom stereocenters. The molecule has 0 aromatic heterocycles. The van der Waals surface area contributed by atoms with Gasteiger partial charge in [-0.3, -0.25) is 4.79 Å². The first kappa shape index (κ1) is 6.13. The Morgan fingerprint density at radius 2 is 2.22 bits per heavy atom. The van der Waals surface area contributed by atoms with Gasteiger partial charge in [-0.2, -0.15) is 0 Å². The molecule has 0 aromatic rings. The molecule has 0 fully saturated rings. The van der Waals surface area contributed by atoms with Crippen molar-refractivity contribution in [2.75, 3.05) is 0 Å². The summed E-state index contributed by atoms with van der Waals surface area (Å²) in [6.45, 7) is 3.17. The summed E-state index contributed by atoms with van der Waals surface area (Å²) in [6, 6.07) is 0. The van der Waals surface area contributed by atoms with E-state index in [4.69, 9.17) is 5.11 Å². The highest BCUT2D eigenvalue weighted by Crippen LogP contribution is 2.22. The maximum atomic E-state index is 10.6. The molecular formula is C6H8O3. The zero-order valence-electron chi connectivity index (χ0n) is 5.34. The molecule has 0 saturated carbocycles. The van der Waals surface area contributed by atoms with Gasteiger partial charge in [0, 0.05) is 0 Å². The second-order valence-electron chi connectivity index (χ2n) is 2.08. The summed E-state index contributed by atoms with van der Waals surface area (Å²) in [5.41, 5.74) is 0. The van der Waals surface area contributed by atoms with Crippen molar-refractivity contribution in [3.05, 3.63) is 11.5 Å². The fourth-order valence-corrected chi connectivity index (χ4v) is 0.708. The van der Waals surface area contributed by atoms with E-state index in [2.05, 4.69) is 4.74 Å². The molecule has 1 aliphatic heterocycles. The number of hydrogen-bond acceptors (Lipinski definition) is 3. The number of aliphatic hydroxyl groups excluding tert-OH is 1. The SMILES string of the molecule is CC1=C(O)C(C)C(=O)O1. The second-order valence-corrected chi connectivity index (χ2v) is 2.08. The van der Waals surface area contributed by atoms with E-state index in [1.165, 1.54) is 0 Å². The predicted molar refractivity (Wildman–Crippen MR) is 30.6 cm³/mol. The monoisotopic (exact) mass is 128 g/mol. The lowest BCUT2D eigenvalue weighted by Crippen LogP contribution is -2.06. The Hall–Kier alpha value is -0.990. The summed E-state index contributed by atoms with van der Waals surface area (Å²) >= 11 is 0. The topological polar surface area (TPSA) is 46.5 Å². The van der Waals surface area contributed by atoms with Gasteiger partial charge in [-0.25, -0.2) is 0 Å². The van der Waals surface area contributed by atoms with Crippen LogP contribution in [-0.2, 0) is 9.53 Å². The number of aliphatic hydroxyl groups is 1. The fourth-order valence-electron chi connectivity index (χ4n) is 0.708. The quantitative estimate of drug-likeness (QED) is 0.494. The Kier molecular flexibility index (Phi) is 1.20. The van der Waals surface area contributed by atoms with Crippen LogP contribution in [0.15, 0.2) is 11.5 Å². The molecule has 50 valence electrons. The van der Waals surface area contributed by atoms with Crippen molar-refractivity contribution in [3.63, 3.8) is 0 Å². The minimum atomic E-state index is -0.468. The maximum Gasteiger partial charge on any atom is 0.321 e. The standard InChI is InChI=1S/C6H8O3/c1-3-5(7)4(2)9-6(3)8/h3,7H,1-2H3. The Morgan fingerprint density at radius 3 is 2.33 bits per heavy atom. The number of carbonyl (C=O) groups excluding carboxylic acids is 1. The molecule has 1 unspecified atom stereocenters. The van der Waals surface area contributed by atoms with Crippen LogP contribution in [0.2, 0.25) is 0 Å². The van der Waals surface area contributed by atoms with Crippen molar-refractivity contribution >= 4 is 5.97 Å². The van der Waals surface area contributed by atoms with Crippen molar-refractivity contribution in [2.24, 2.45) is 5.92 Å². The number of allylic oxidation sites excluding steroid dienone is 1. The number of carbonyl (C=O) groups is 1. The third-order valence-corrected chi connectivity index (χ3v) is 1.38. The van der Waals surface area contributed by atoms with Crippen LogP contribution in [0.3, 0.4) is 0 Å². The number of cyclic esters (lactones) is 1. The van der Waals surface area contributed by atoms with Crippen LogP contribution in [0.25, 0.3) is 0 Å². The summed E-state index contributed by atoms with van der Waals surface area (Å²) in [5, 5.41) is 8.97. The second kappa shape index (κ2) is 1.76. The molecule has 0 bridgehead atoms. The van der Waals surface area contributed by atoms with E-state index in [9.17, 15) is 4.79 Å². The largest absolute Gasteiger partial charge is 0.508 e. The van der Waals surface area contributed by atoms with Crippen LogP contribution in [0.1, 0.15) is 13.8 Å². The lowest BCUT2D eigenvalue weighted by Gasteiger charge is -1.93. The van der Waals surface area contributed by atoms with Gasteiger partial charge in [0.05, 0.1) is 0 Å². The van der Waals surface area contributed by atoms with Gasteiger partial charge in [0.1, 0.15) is 17.4 Å². The highest BCUT2D eigenvalue weighted by Gasteiger charge is 2.29. The Balaban J connectivity index is 2.87. The predicted octanol–water partition coefficient (Wildman–Crippen LogP) is 0.969. The van der Waals surface area contributed by atoms with Gasteiger partial charge in [0.15, 0.2) is 0 Å². The minimum absolute atomic E-state index is 0.0556. The highest BCUT2D eigenvalue weighted by atomic mass is 16.6. The van der Waals surface area contributed by atoms with E-state index in [0.717, 1.165) is 0 Å². The number of ether oxygens (including phenoxy) is 1. The third kappa shape index (κ3) is 0.781. The number of rotatable bonds is 0. The molecule has 1 rings (SSSR count). The molecule has 1 heterocycles. The number of esters is 1. The zero-order valence-corrected chi connectivity index (χ0v) is 5.34. The summed E-state index contributed by atoms with van der Waals surface area (Å²) in [7, 11) is 0. The molecule has 0 radical (unpaired) electrons. The molecule has 3 heteroatoms. The first-order valence-electron chi connectivity index (χ1n) is 2.74. The normalized spacial score (nSPS) is 26.9. The minimum Gasteiger partial charge on any atom is -0.508 e. The number of hydrogen-bond donors (Lipinski definition) is 1. The van der Waals surface area contributed by atoms with Crippen LogP contribution >= 0.6 is 0 Å². The first-order chi connectivity index (χ1) is 4.13. The third-order valence-electron chi connectivity index (χ3n) is 1.38. The van der Waals surface area contributed by atoms with E-state index in [1.54, 1.807) is 13.8 Å². The van der Waals surface area contributed by atoms with E-state index in [-0.39, 0.29) is 11.7 Å². The summed E-state index contributed by atoms with van der Waals surface area (Å²) in [4.78, 5) is 10.6. The van der Waals surface area contributed by atoms with Crippen LogP contribution in [0.5, 0.6) is 0 Å². The lowest BCUT2D eigenvalue weighted by atomic mass is 10.1. The van der Waals surface area contributed by atoms with E-state index < -0.39 is 5.92 Å². The van der Waals surface area contributed by atoms with Crippen molar-refractivity contribution in [1.29, 1.82) is 0 Å². The summed E-state index contributed by atoms with van der Waals surface area (Å²) in [6.07, 6.45) is 0. The van der Waals surface area contributed by atoms with Gasteiger partial charge in [0.25, 0.3) is 0 Å². The molecule has 3 nitrogen and oxygen atoms in total. The molecule has 0 aromatic carbocycles. The van der Waals surface area contributed by atoms with E-state index in [1.807, 2.05) is 0 Å².